The highest BCUT2D eigenvalue weighted by Crippen LogP contribution is 2.30. The Morgan fingerprint density at radius 2 is 2.00 bits per heavy atom. The summed E-state index contributed by atoms with van der Waals surface area (Å²) in [6.07, 6.45) is 0. The molecule has 0 aliphatic rings. The van der Waals surface area contributed by atoms with E-state index in [9.17, 15) is 9.18 Å². The van der Waals surface area contributed by atoms with Gasteiger partial charge in [-0.05, 0) is 41.8 Å². The fourth-order valence-corrected chi connectivity index (χ4v) is 4.02. The largest absolute Gasteiger partial charge is 0.496 e. The predicted octanol–water partition coefficient (Wildman–Crippen LogP) is 4.79. The second-order valence-corrected chi connectivity index (χ2v) is 7.90. The van der Waals surface area contributed by atoms with Gasteiger partial charge in [0.1, 0.15) is 11.6 Å². The summed E-state index contributed by atoms with van der Waals surface area (Å²) in [5, 5.41) is 16.0. The highest BCUT2D eigenvalue weighted by molar-refractivity contribution is 7.13. The Balaban J connectivity index is 1.45. The van der Waals surface area contributed by atoms with Crippen molar-refractivity contribution in [3.8, 4) is 33.4 Å². The van der Waals surface area contributed by atoms with Crippen LogP contribution in [0.3, 0.4) is 0 Å². The van der Waals surface area contributed by atoms with Crippen LogP contribution in [0.25, 0.3) is 27.6 Å². The molecule has 0 bridgehead atoms. The molecule has 164 valence electrons. The molecule has 0 radical (unpaired) electrons. The van der Waals surface area contributed by atoms with Crippen molar-refractivity contribution in [2.45, 2.75) is 0 Å². The van der Waals surface area contributed by atoms with Crippen LogP contribution in [0.2, 0.25) is 0 Å². The van der Waals surface area contributed by atoms with Crippen LogP contribution in [-0.2, 0) is 0 Å². The molecule has 0 spiro atoms. The smallest absolute Gasteiger partial charge is 0.296 e. The number of carbonyl (C=O) groups excluding carboxylic acids is 1. The van der Waals surface area contributed by atoms with Crippen LogP contribution < -0.4 is 10.1 Å². The van der Waals surface area contributed by atoms with Crippen molar-refractivity contribution >= 4 is 23.1 Å². The molecule has 5 aromatic rings. The lowest BCUT2D eigenvalue weighted by molar-refractivity contribution is 0.101. The first-order valence-electron chi connectivity index (χ1n) is 9.89. The van der Waals surface area contributed by atoms with Crippen molar-refractivity contribution in [3.63, 3.8) is 0 Å². The highest BCUT2D eigenvalue weighted by atomic mass is 32.1. The van der Waals surface area contributed by atoms with Gasteiger partial charge in [0, 0.05) is 11.6 Å². The summed E-state index contributed by atoms with van der Waals surface area (Å²) < 4.78 is 20.6. The van der Waals surface area contributed by atoms with Gasteiger partial charge >= 0.3 is 0 Å². The van der Waals surface area contributed by atoms with Crippen LogP contribution in [0.15, 0.2) is 72.1 Å². The van der Waals surface area contributed by atoms with Crippen LogP contribution in [0.4, 0.5) is 10.2 Å². The molecule has 3 aromatic heterocycles. The second kappa shape index (κ2) is 8.67. The maximum absolute atomic E-state index is 13.8. The normalized spacial score (nSPS) is 10.8. The number of hydrogen-bond donors (Lipinski definition) is 2. The molecule has 0 saturated heterocycles. The predicted molar refractivity (Wildman–Crippen MR) is 123 cm³/mol. The number of para-hydroxylation sites is 1. The topological polar surface area (TPSA) is 97.7 Å². The van der Waals surface area contributed by atoms with Crippen LogP contribution in [0.5, 0.6) is 5.75 Å². The SMILES string of the molecule is COc1ccccc1-c1cc(NC(=O)c2nc(-c3cccs3)n(-c3cccc(F)c3)n2)n[nH]1. The summed E-state index contributed by atoms with van der Waals surface area (Å²) in [6, 6.07) is 18.8. The van der Waals surface area contributed by atoms with E-state index in [1.165, 1.54) is 28.2 Å². The van der Waals surface area contributed by atoms with Gasteiger partial charge in [0.05, 0.1) is 23.4 Å². The Hall–Kier alpha value is -4.31. The monoisotopic (exact) mass is 460 g/mol. The number of benzene rings is 2. The maximum atomic E-state index is 13.8. The van der Waals surface area contributed by atoms with Crippen molar-refractivity contribution in [1.29, 1.82) is 0 Å². The lowest BCUT2D eigenvalue weighted by atomic mass is 10.1. The third-order valence-corrected chi connectivity index (χ3v) is 5.69. The van der Waals surface area contributed by atoms with Gasteiger partial charge in [0.2, 0.25) is 5.82 Å². The molecule has 3 heterocycles. The first-order valence-corrected chi connectivity index (χ1v) is 10.8. The van der Waals surface area contributed by atoms with Gasteiger partial charge in [0.25, 0.3) is 5.91 Å². The fourth-order valence-electron chi connectivity index (χ4n) is 3.32. The van der Waals surface area contributed by atoms with E-state index >= 15 is 0 Å². The van der Waals surface area contributed by atoms with Gasteiger partial charge in [-0.3, -0.25) is 9.89 Å². The molecule has 2 N–H and O–H groups in total. The number of aromatic amines is 1. The minimum Gasteiger partial charge on any atom is -0.496 e. The van der Waals surface area contributed by atoms with Crippen LogP contribution in [-0.4, -0.2) is 38.0 Å². The molecule has 8 nitrogen and oxygen atoms in total. The summed E-state index contributed by atoms with van der Waals surface area (Å²) in [4.78, 5) is 18.1. The number of nitrogens with zero attached hydrogens (tertiary/aromatic N) is 4. The molecule has 1 amide bonds. The summed E-state index contributed by atoms with van der Waals surface area (Å²) in [6.45, 7) is 0. The van der Waals surface area contributed by atoms with E-state index in [1.807, 2.05) is 41.8 Å². The van der Waals surface area contributed by atoms with Gasteiger partial charge in [-0.1, -0.05) is 24.3 Å². The highest BCUT2D eigenvalue weighted by Gasteiger charge is 2.21. The number of amides is 1. The first-order chi connectivity index (χ1) is 16.1. The van der Waals surface area contributed by atoms with Crippen molar-refractivity contribution < 1.29 is 13.9 Å². The van der Waals surface area contributed by atoms with Crippen molar-refractivity contribution in [1.82, 2.24) is 25.0 Å². The second-order valence-electron chi connectivity index (χ2n) is 6.95. The number of aromatic nitrogens is 5. The number of H-pyrrole nitrogens is 1. The third kappa shape index (κ3) is 4.11. The minimum absolute atomic E-state index is 0.0653. The summed E-state index contributed by atoms with van der Waals surface area (Å²) in [5.74, 6) is 0.408. The van der Waals surface area contributed by atoms with Crippen molar-refractivity contribution in [2.75, 3.05) is 12.4 Å². The van der Waals surface area contributed by atoms with Gasteiger partial charge in [-0.15, -0.1) is 16.4 Å². The molecule has 33 heavy (non-hydrogen) atoms. The zero-order valence-corrected chi connectivity index (χ0v) is 18.1. The Labute approximate surface area is 191 Å². The Morgan fingerprint density at radius 1 is 1.12 bits per heavy atom. The Kier molecular flexibility index (Phi) is 5.41. The van der Waals surface area contributed by atoms with Gasteiger partial charge in [0.15, 0.2) is 11.6 Å². The van der Waals surface area contributed by atoms with Gasteiger partial charge in [-0.2, -0.15) is 5.10 Å². The molecule has 0 aliphatic heterocycles. The van der Waals surface area contributed by atoms with E-state index in [-0.39, 0.29) is 5.82 Å². The zero-order chi connectivity index (χ0) is 22.8. The molecule has 0 fully saturated rings. The lowest BCUT2D eigenvalue weighted by Crippen LogP contribution is -2.14. The number of carbonyl (C=O) groups is 1. The van der Waals surface area contributed by atoms with Crippen molar-refractivity contribution in [3.05, 3.63) is 83.8 Å². The van der Waals surface area contributed by atoms with Crippen LogP contribution in [0, 0.1) is 5.82 Å². The van der Waals surface area contributed by atoms with Crippen molar-refractivity contribution in [2.24, 2.45) is 0 Å². The maximum Gasteiger partial charge on any atom is 0.296 e. The van der Waals surface area contributed by atoms with E-state index in [2.05, 4.69) is 25.6 Å². The molecule has 0 saturated carbocycles. The summed E-state index contributed by atoms with van der Waals surface area (Å²) in [5.41, 5.74) is 1.95. The first kappa shape index (κ1) is 20.6. The third-order valence-electron chi connectivity index (χ3n) is 4.82. The molecule has 5 rings (SSSR count). The van der Waals surface area contributed by atoms with Gasteiger partial charge in [-0.25, -0.2) is 14.1 Å². The molecular formula is C23H17FN6O2S. The average molecular weight is 460 g/mol. The van der Waals surface area contributed by atoms with E-state index in [0.717, 1.165) is 10.4 Å². The summed E-state index contributed by atoms with van der Waals surface area (Å²) in [7, 11) is 1.59. The Morgan fingerprint density at radius 3 is 2.79 bits per heavy atom. The van der Waals surface area contributed by atoms with E-state index in [0.29, 0.717) is 28.8 Å². The number of rotatable bonds is 6. The van der Waals surface area contributed by atoms with E-state index in [1.54, 1.807) is 25.3 Å². The number of thiophene rings is 1. The van der Waals surface area contributed by atoms with Gasteiger partial charge < -0.3 is 10.1 Å². The number of ether oxygens (including phenoxy) is 1. The molecule has 10 heteroatoms. The molecule has 0 atom stereocenters. The average Bonchev–Trinajstić information content (AvgIpc) is 3.59. The van der Waals surface area contributed by atoms with Crippen LogP contribution in [0.1, 0.15) is 10.6 Å². The number of nitrogens with one attached hydrogen (secondary N) is 2. The van der Waals surface area contributed by atoms with Crippen LogP contribution >= 0.6 is 11.3 Å². The number of hydrogen-bond acceptors (Lipinski definition) is 6. The molecule has 0 unspecified atom stereocenters. The molecule has 0 aliphatic carbocycles. The minimum atomic E-state index is -0.541. The van der Waals surface area contributed by atoms with E-state index in [4.69, 9.17) is 4.74 Å². The standard InChI is InChI=1S/C23H17FN6O2S/c1-32-18-9-3-2-8-16(18)17-13-20(28-27-17)25-23(31)21-26-22(19-10-5-11-33-19)30(29-21)15-7-4-6-14(24)12-15/h2-13H,1H3,(H2,25,27,28,31). The fraction of sp³-hybridized carbons (Fsp3) is 0.0435. The van der Waals surface area contributed by atoms with E-state index < -0.39 is 11.7 Å². The number of anilines is 1. The summed E-state index contributed by atoms with van der Waals surface area (Å²) >= 11 is 1.44. The molecular weight excluding hydrogens is 443 g/mol. The number of halogens is 1. The lowest BCUT2D eigenvalue weighted by Gasteiger charge is -2.05. The molecule has 2 aromatic carbocycles. The Bertz CT molecular complexity index is 1430. The quantitative estimate of drug-likeness (QED) is 0.380. The number of methoxy groups -OCH3 is 1. The zero-order valence-electron chi connectivity index (χ0n) is 17.3.